The van der Waals surface area contributed by atoms with Crippen LogP contribution in [0.1, 0.15) is 38.3 Å². The van der Waals surface area contributed by atoms with Crippen molar-refractivity contribution in [2.45, 2.75) is 19.4 Å². The summed E-state index contributed by atoms with van der Waals surface area (Å²) >= 11 is 12.4. The fourth-order valence-corrected chi connectivity index (χ4v) is 4.01. The summed E-state index contributed by atoms with van der Waals surface area (Å²) in [5.41, 5.74) is 2.78. The Morgan fingerprint density at radius 2 is 1.43 bits per heavy atom. The quantitative estimate of drug-likeness (QED) is 0.436. The van der Waals surface area contributed by atoms with Gasteiger partial charge in [0, 0.05) is 22.2 Å². The van der Waals surface area contributed by atoms with Gasteiger partial charge in [-0.2, -0.15) is 0 Å². The molecule has 1 aliphatic rings. The highest BCUT2D eigenvalue weighted by molar-refractivity contribution is 6.35. The summed E-state index contributed by atoms with van der Waals surface area (Å²) in [6.45, 7) is 0.656. The Balaban J connectivity index is 1.34. The van der Waals surface area contributed by atoms with E-state index in [2.05, 4.69) is 0 Å². The average Bonchev–Trinajstić information content (AvgIpc) is 2.99. The maximum atomic E-state index is 12.4. The monoisotopic (exact) mass is 439 g/mol. The van der Waals surface area contributed by atoms with E-state index in [0.29, 0.717) is 39.9 Å². The number of aryl methyl sites for hydroxylation is 1. The Bertz CT molecular complexity index is 1060. The van der Waals surface area contributed by atoms with E-state index < -0.39 is 0 Å². The number of hydrogen-bond acceptors (Lipinski definition) is 3. The van der Waals surface area contributed by atoms with E-state index in [1.54, 1.807) is 42.5 Å². The molecule has 3 aromatic carbocycles. The first-order valence-corrected chi connectivity index (χ1v) is 10.4. The summed E-state index contributed by atoms with van der Waals surface area (Å²) < 4.78 is 5.86. The second kappa shape index (κ2) is 8.90. The molecule has 152 valence electrons. The molecule has 1 aliphatic heterocycles. The number of rotatable bonds is 7. The summed E-state index contributed by atoms with van der Waals surface area (Å²) in [5.74, 6) is 0.276. The van der Waals surface area contributed by atoms with Crippen molar-refractivity contribution in [2.75, 3.05) is 6.54 Å². The van der Waals surface area contributed by atoms with Crippen molar-refractivity contribution < 1.29 is 14.3 Å². The summed E-state index contributed by atoms with van der Waals surface area (Å²) in [6.07, 6.45) is 1.39. The molecule has 0 unspecified atom stereocenters. The molecule has 4 rings (SSSR count). The van der Waals surface area contributed by atoms with Gasteiger partial charge in [0.15, 0.2) is 0 Å². The molecule has 2 amide bonds. The minimum atomic E-state index is -0.218. The van der Waals surface area contributed by atoms with Crippen LogP contribution in [0.2, 0.25) is 10.0 Å². The predicted molar refractivity (Wildman–Crippen MR) is 117 cm³/mol. The van der Waals surface area contributed by atoms with Gasteiger partial charge in [0.1, 0.15) is 12.4 Å². The third kappa shape index (κ3) is 4.20. The second-order valence-corrected chi connectivity index (χ2v) is 7.86. The molecule has 0 spiro atoms. The first-order chi connectivity index (χ1) is 14.5. The van der Waals surface area contributed by atoms with E-state index in [1.165, 1.54) is 4.90 Å². The maximum Gasteiger partial charge on any atom is 0.261 e. The van der Waals surface area contributed by atoms with Gasteiger partial charge in [0.05, 0.1) is 11.1 Å². The van der Waals surface area contributed by atoms with E-state index in [-0.39, 0.29) is 18.4 Å². The van der Waals surface area contributed by atoms with Gasteiger partial charge in [-0.05, 0) is 54.8 Å². The number of hydrogen-bond donors (Lipinski definition) is 0. The van der Waals surface area contributed by atoms with Crippen molar-refractivity contribution in [1.29, 1.82) is 0 Å². The molecular weight excluding hydrogens is 421 g/mol. The molecule has 0 atom stereocenters. The number of nitrogens with zero attached hydrogens (tertiary/aromatic N) is 1. The zero-order valence-corrected chi connectivity index (χ0v) is 17.6. The van der Waals surface area contributed by atoms with Gasteiger partial charge in [-0.15, -0.1) is 0 Å². The second-order valence-electron chi connectivity index (χ2n) is 7.05. The van der Waals surface area contributed by atoms with Gasteiger partial charge in [0.25, 0.3) is 11.8 Å². The van der Waals surface area contributed by atoms with Crippen molar-refractivity contribution in [3.63, 3.8) is 0 Å². The van der Waals surface area contributed by atoms with Crippen molar-refractivity contribution in [3.05, 3.63) is 99.0 Å². The lowest BCUT2D eigenvalue weighted by molar-refractivity contribution is 0.0652. The van der Waals surface area contributed by atoms with Crippen LogP contribution in [-0.4, -0.2) is 23.3 Å². The molecule has 0 saturated heterocycles. The van der Waals surface area contributed by atoms with E-state index in [9.17, 15) is 9.59 Å². The lowest BCUT2D eigenvalue weighted by Crippen LogP contribution is -2.30. The number of carbonyl (C=O) groups is 2. The lowest BCUT2D eigenvalue weighted by atomic mass is 10.1. The molecule has 0 saturated carbocycles. The smallest absolute Gasteiger partial charge is 0.261 e. The van der Waals surface area contributed by atoms with Crippen molar-refractivity contribution in [3.8, 4) is 5.75 Å². The Morgan fingerprint density at radius 3 is 2.10 bits per heavy atom. The maximum absolute atomic E-state index is 12.4. The predicted octanol–water partition coefficient (Wildman–Crippen LogP) is 5.80. The van der Waals surface area contributed by atoms with E-state index >= 15 is 0 Å². The van der Waals surface area contributed by atoms with Crippen LogP contribution in [0.5, 0.6) is 5.75 Å². The third-order valence-corrected chi connectivity index (χ3v) is 5.78. The molecule has 0 aliphatic carbocycles. The lowest BCUT2D eigenvalue weighted by Gasteiger charge is -2.14. The minimum absolute atomic E-state index is 0.218. The largest absolute Gasteiger partial charge is 0.489 e. The Labute approximate surface area is 185 Å². The molecule has 1 heterocycles. The first kappa shape index (κ1) is 20.5. The number of imide groups is 1. The highest BCUT2D eigenvalue weighted by atomic mass is 35.5. The highest BCUT2D eigenvalue weighted by Gasteiger charge is 2.34. The van der Waals surface area contributed by atoms with Crippen LogP contribution in [0.15, 0.2) is 66.7 Å². The van der Waals surface area contributed by atoms with Crippen LogP contribution in [-0.2, 0) is 13.0 Å². The zero-order chi connectivity index (χ0) is 21.1. The molecule has 4 nitrogen and oxygen atoms in total. The van der Waals surface area contributed by atoms with Crippen LogP contribution in [0.4, 0.5) is 0 Å². The van der Waals surface area contributed by atoms with Gasteiger partial charge < -0.3 is 4.74 Å². The van der Waals surface area contributed by atoms with Crippen molar-refractivity contribution in [2.24, 2.45) is 0 Å². The standard InChI is InChI=1S/C24H19Cl2NO3/c25-21-11-4-12-22(26)20(21)15-30-17-8-3-6-16(14-17)7-5-13-27-23(28)18-9-1-2-10-19(18)24(27)29/h1-4,6,8-12,14H,5,7,13,15H2. The molecule has 0 aromatic heterocycles. The molecule has 3 aromatic rings. The zero-order valence-electron chi connectivity index (χ0n) is 16.1. The van der Waals surface area contributed by atoms with E-state index in [4.69, 9.17) is 27.9 Å². The minimum Gasteiger partial charge on any atom is -0.489 e. The number of benzene rings is 3. The number of fused-ring (bicyclic) bond motifs is 1. The summed E-state index contributed by atoms with van der Waals surface area (Å²) in [5, 5.41) is 1.14. The fourth-order valence-electron chi connectivity index (χ4n) is 3.50. The molecule has 0 N–H and O–H groups in total. The number of halogens is 2. The summed E-state index contributed by atoms with van der Waals surface area (Å²) in [7, 11) is 0. The number of ether oxygens (including phenoxy) is 1. The highest BCUT2D eigenvalue weighted by Crippen LogP contribution is 2.26. The van der Waals surface area contributed by atoms with Gasteiger partial charge in [-0.25, -0.2) is 0 Å². The van der Waals surface area contributed by atoms with Crippen LogP contribution >= 0.6 is 23.2 Å². The van der Waals surface area contributed by atoms with E-state index in [1.807, 2.05) is 24.3 Å². The Kier molecular flexibility index (Phi) is 6.07. The van der Waals surface area contributed by atoms with Crippen LogP contribution in [0.3, 0.4) is 0 Å². The average molecular weight is 440 g/mol. The SMILES string of the molecule is O=C1c2ccccc2C(=O)N1CCCc1cccc(OCc2c(Cl)cccc2Cl)c1. The fraction of sp³-hybridized carbons (Fsp3) is 0.167. The molecule has 0 bridgehead atoms. The van der Waals surface area contributed by atoms with Crippen molar-refractivity contribution in [1.82, 2.24) is 4.90 Å². The molecule has 30 heavy (non-hydrogen) atoms. The molecule has 0 radical (unpaired) electrons. The van der Waals surface area contributed by atoms with Crippen LogP contribution in [0, 0.1) is 0 Å². The number of amides is 2. The normalized spacial score (nSPS) is 12.9. The van der Waals surface area contributed by atoms with Crippen LogP contribution in [0.25, 0.3) is 0 Å². The van der Waals surface area contributed by atoms with Crippen LogP contribution < -0.4 is 4.74 Å². The van der Waals surface area contributed by atoms with Gasteiger partial charge in [-0.3, -0.25) is 14.5 Å². The van der Waals surface area contributed by atoms with Gasteiger partial charge in [0.2, 0.25) is 0 Å². The first-order valence-electron chi connectivity index (χ1n) is 9.64. The molecule has 0 fully saturated rings. The van der Waals surface area contributed by atoms with Crippen molar-refractivity contribution >= 4 is 35.0 Å². The topological polar surface area (TPSA) is 46.6 Å². The molecule has 6 heteroatoms. The molecular formula is C24H19Cl2NO3. The summed E-state index contributed by atoms with van der Waals surface area (Å²) in [4.78, 5) is 26.2. The van der Waals surface area contributed by atoms with E-state index in [0.717, 1.165) is 17.5 Å². The Morgan fingerprint density at radius 1 is 0.800 bits per heavy atom. The third-order valence-electron chi connectivity index (χ3n) is 5.07. The summed E-state index contributed by atoms with van der Waals surface area (Å²) in [6, 6.07) is 20.0. The Hall–Kier alpha value is -2.82. The van der Waals surface area contributed by atoms with Gasteiger partial charge in [-0.1, -0.05) is 53.5 Å². The number of carbonyl (C=O) groups excluding carboxylic acids is 2. The van der Waals surface area contributed by atoms with Gasteiger partial charge >= 0.3 is 0 Å².